The van der Waals surface area contributed by atoms with E-state index >= 15 is 0 Å². The maximum atomic E-state index is 11.7. The lowest BCUT2D eigenvalue weighted by Gasteiger charge is -2.27. The SMILES string of the molecule is O=C1C[C@@H]2[C@H](O1)[C@@H](I)CCN1C(=O)CC[C@@H]21. The lowest BCUT2D eigenvalue weighted by molar-refractivity contribution is -0.141. The summed E-state index contributed by atoms with van der Waals surface area (Å²) < 4.78 is 5.77. The molecule has 3 aliphatic rings. The predicted molar refractivity (Wildman–Crippen MR) is 65.1 cm³/mol. The van der Waals surface area contributed by atoms with Gasteiger partial charge in [-0.05, 0) is 12.8 Å². The average molecular weight is 335 g/mol. The summed E-state index contributed by atoms with van der Waals surface area (Å²) in [6, 6.07) is 0.253. The standard InChI is InChI=1S/C11H14INO3/c12-7-3-4-13-8(1-2-9(13)14)6-5-10(15)16-11(6)7/h6-8,11H,1-5H2/t6-,7-,8-,11-/m0/s1. The smallest absolute Gasteiger partial charge is 0.306 e. The number of hydrogen-bond acceptors (Lipinski definition) is 3. The van der Waals surface area contributed by atoms with Crippen LogP contribution in [-0.2, 0) is 14.3 Å². The molecular weight excluding hydrogens is 321 g/mol. The molecule has 0 radical (unpaired) electrons. The Hall–Kier alpha value is -0.330. The van der Waals surface area contributed by atoms with E-state index in [0.29, 0.717) is 16.8 Å². The van der Waals surface area contributed by atoms with Gasteiger partial charge in [0.25, 0.3) is 0 Å². The van der Waals surface area contributed by atoms with Gasteiger partial charge in [-0.2, -0.15) is 0 Å². The predicted octanol–water partition coefficient (Wildman–Crippen LogP) is 1.12. The summed E-state index contributed by atoms with van der Waals surface area (Å²) in [6.45, 7) is 0.835. The molecule has 0 saturated carbocycles. The van der Waals surface area contributed by atoms with Gasteiger partial charge in [0.2, 0.25) is 5.91 Å². The third-order valence-corrected chi connectivity index (χ3v) is 5.29. The van der Waals surface area contributed by atoms with Gasteiger partial charge in [-0.25, -0.2) is 0 Å². The number of alkyl halides is 1. The van der Waals surface area contributed by atoms with Gasteiger partial charge in [0.1, 0.15) is 6.10 Å². The van der Waals surface area contributed by atoms with Crippen molar-refractivity contribution in [1.82, 2.24) is 4.90 Å². The molecule has 3 fully saturated rings. The van der Waals surface area contributed by atoms with E-state index in [0.717, 1.165) is 19.4 Å². The Morgan fingerprint density at radius 2 is 2.12 bits per heavy atom. The molecule has 4 atom stereocenters. The summed E-state index contributed by atoms with van der Waals surface area (Å²) >= 11 is 2.36. The van der Waals surface area contributed by atoms with Gasteiger partial charge in [-0.15, -0.1) is 0 Å². The summed E-state index contributed by atoms with van der Waals surface area (Å²) in [5.41, 5.74) is 0. The number of amides is 1. The van der Waals surface area contributed by atoms with Gasteiger partial charge >= 0.3 is 5.97 Å². The van der Waals surface area contributed by atoms with Crippen LogP contribution in [0.1, 0.15) is 25.7 Å². The molecule has 0 aromatic carbocycles. The first-order valence-electron chi connectivity index (χ1n) is 5.80. The highest BCUT2D eigenvalue weighted by atomic mass is 127. The second-order valence-electron chi connectivity index (χ2n) is 4.82. The summed E-state index contributed by atoms with van der Waals surface area (Å²) in [6.07, 6.45) is 3.03. The highest BCUT2D eigenvalue weighted by Crippen LogP contribution is 2.41. The van der Waals surface area contributed by atoms with Crippen molar-refractivity contribution in [3.8, 4) is 0 Å². The van der Waals surface area contributed by atoms with E-state index in [1.807, 2.05) is 4.90 Å². The zero-order valence-corrected chi connectivity index (χ0v) is 11.1. The van der Waals surface area contributed by atoms with Crippen LogP contribution < -0.4 is 0 Å². The van der Waals surface area contributed by atoms with Crippen LogP contribution in [0.25, 0.3) is 0 Å². The molecule has 3 aliphatic heterocycles. The number of esters is 1. The second-order valence-corrected chi connectivity index (χ2v) is 6.42. The van der Waals surface area contributed by atoms with Crippen LogP contribution in [0.5, 0.6) is 0 Å². The molecule has 0 bridgehead atoms. The molecule has 0 aromatic heterocycles. The molecule has 3 heterocycles. The van der Waals surface area contributed by atoms with Crippen LogP contribution in [0, 0.1) is 5.92 Å². The van der Waals surface area contributed by atoms with Crippen molar-refractivity contribution < 1.29 is 14.3 Å². The molecule has 5 heteroatoms. The topological polar surface area (TPSA) is 46.6 Å². The molecule has 0 aromatic rings. The molecular formula is C11H14INO3. The highest BCUT2D eigenvalue weighted by Gasteiger charge is 2.50. The first-order chi connectivity index (χ1) is 7.66. The van der Waals surface area contributed by atoms with Gasteiger partial charge < -0.3 is 9.64 Å². The van der Waals surface area contributed by atoms with E-state index in [-0.39, 0.29) is 29.9 Å². The second kappa shape index (κ2) is 3.85. The Morgan fingerprint density at radius 1 is 1.31 bits per heavy atom. The quantitative estimate of drug-likeness (QED) is 0.379. The fraction of sp³-hybridized carbons (Fsp3) is 0.818. The Labute approximate surface area is 108 Å². The van der Waals surface area contributed by atoms with Crippen molar-refractivity contribution >= 4 is 34.5 Å². The molecule has 3 rings (SSSR count). The average Bonchev–Trinajstić information content (AvgIpc) is 2.76. The number of fused-ring (bicyclic) bond motifs is 3. The van der Waals surface area contributed by atoms with E-state index in [1.54, 1.807) is 0 Å². The zero-order chi connectivity index (χ0) is 11.3. The molecule has 0 unspecified atom stereocenters. The number of nitrogens with zero attached hydrogens (tertiary/aromatic N) is 1. The van der Waals surface area contributed by atoms with Crippen molar-refractivity contribution in [2.24, 2.45) is 5.92 Å². The minimum Gasteiger partial charge on any atom is -0.461 e. The Bertz CT molecular complexity index is 346. The molecule has 88 valence electrons. The van der Waals surface area contributed by atoms with E-state index in [2.05, 4.69) is 22.6 Å². The van der Waals surface area contributed by atoms with E-state index < -0.39 is 0 Å². The lowest BCUT2D eigenvalue weighted by Crippen LogP contribution is -2.39. The first kappa shape index (κ1) is 10.8. The molecule has 3 saturated heterocycles. The fourth-order valence-electron chi connectivity index (χ4n) is 3.21. The van der Waals surface area contributed by atoms with Crippen molar-refractivity contribution in [2.75, 3.05) is 6.54 Å². The van der Waals surface area contributed by atoms with Crippen LogP contribution in [-0.4, -0.2) is 39.4 Å². The van der Waals surface area contributed by atoms with Crippen molar-refractivity contribution in [3.05, 3.63) is 0 Å². The molecule has 0 aliphatic carbocycles. The highest BCUT2D eigenvalue weighted by molar-refractivity contribution is 14.1. The number of hydrogen-bond donors (Lipinski definition) is 0. The van der Waals surface area contributed by atoms with Gasteiger partial charge in [0.05, 0.1) is 10.3 Å². The van der Waals surface area contributed by atoms with Crippen molar-refractivity contribution in [2.45, 2.75) is 41.8 Å². The number of ether oxygens (including phenoxy) is 1. The van der Waals surface area contributed by atoms with Gasteiger partial charge in [-0.3, -0.25) is 9.59 Å². The summed E-state index contributed by atoms with van der Waals surface area (Å²) in [5, 5.41) is 0. The first-order valence-corrected chi connectivity index (χ1v) is 7.04. The lowest BCUT2D eigenvalue weighted by atomic mass is 9.90. The van der Waals surface area contributed by atoms with Gasteiger partial charge in [0.15, 0.2) is 0 Å². The van der Waals surface area contributed by atoms with E-state index in [4.69, 9.17) is 4.74 Å². The molecule has 0 N–H and O–H groups in total. The van der Waals surface area contributed by atoms with Crippen LogP contribution in [0.15, 0.2) is 0 Å². The number of carbonyl (C=O) groups is 2. The van der Waals surface area contributed by atoms with Crippen LogP contribution in [0.4, 0.5) is 0 Å². The maximum Gasteiger partial charge on any atom is 0.306 e. The van der Waals surface area contributed by atoms with E-state index in [9.17, 15) is 9.59 Å². The Balaban J connectivity index is 1.90. The largest absolute Gasteiger partial charge is 0.461 e. The summed E-state index contributed by atoms with van der Waals surface area (Å²) in [4.78, 5) is 25.1. The Morgan fingerprint density at radius 3 is 2.94 bits per heavy atom. The van der Waals surface area contributed by atoms with Crippen LogP contribution >= 0.6 is 22.6 Å². The normalized spacial score (nSPS) is 42.7. The van der Waals surface area contributed by atoms with Crippen molar-refractivity contribution in [3.63, 3.8) is 0 Å². The van der Waals surface area contributed by atoms with E-state index in [1.165, 1.54) is 0 Å². The van der Waals surface area contributed by atoms with Crippen LogP contribution in [0.3, 0.4) is 0 Å². The van der Waals surface area contributed by atoms with Gasteiger partial charge in [0, 0.05) is 24.9 Å². The molecule has 1 amide bonds. The summed E-state index contributed by atoms with van der Waals surface area (Å²) in [5.74, 6) is 0.412. The fourth-order valence-corrected chi connectivity index (χ4v) is 4.17. The molecule has 0 spiro atoms. The summed E-state index contributed by atoms with van der Waals surface area (Å²) in [7, 11) is 0. The Kier molecular flexibility index (Phi) is 2.60. The molecule has 4 nitrogen and oxygen atoms in total. The number of rotatable bonds is 0. The minimum absolute atomic E-state index is 0.0361. The van der Waals surface area contributed by atoms with Gasteiger partial charge in [-0.1, -0.05) is 22.6 Å². The monoisotopic (exact) mass is 335 g/mol. The third kappa shape index (κ3) is 1.55. The number of carbonyl (C=O) groups excluding carboxylic acids is 2. The zero-order valence-electron chi connectivity index (χ0n) is 8.89. The molecule has 16 heavy (non-hydrogen) atoms. The minimum atomic E-state index is -0.0853. The van der Waals surface area contributed by atoms with Crippen molar-refractivity contribution in [1.29, 1.82) is 0 Å². The maximum absolute atomic E-state index is 11.7. The third-order valence-electron chi connectivity index (χ3n) is 3.96. The number of halogens is 1. The van der Waals surface area contributed by atoms with Crippen LogP contribution in [0.2, 0.25) is 0 Å².